The molecule has 3 rings (SSSR count). The van der Waals surface area contributed by atoms with Crippen molar-refractivity contribution in [3.63, 3.8) is 0 Å². The maximum Gasteiger partial charge on any atom is 0.243 e. The summed E-state index contributed by atoms with van der Waals surface area (Å²) in [6.45, 7) is 7.55. The summed E-state index contributed by atoms with van der Waals surface area (Å²) >= 11 is 6.09. The van der Waals surface area contributed by atoms with E-state index in [1.807, 2.05) is 50.2 Å². The summed E-state index contributed by atoms with van der Waals surface area (Å²) in [5.74, 6) is -0.243. The van der Waals surface area contributed by atoms with E-state index in [0.717, 1.165) is 53.7 Å². The van der Waals surface area contributed by atoms with E-state index in [9.17, 15) is 9.59 Å². The number of benzene rings is 2. The first kappa shape index (κ1) is 22.1. The Balaban J connectivity index is 1.45. The number of likely N-dealkylation sites (N-methyl/N-ethyl adjacent to an activating group) is 1. The molecule has 2 aromatic rings. The molecular weight excluding hydrogens is 400 g/mol. The first-order valence-electron chi connectivity index (χ1n) is 10.2. The van der Waals surface area contributed by atoms with Gasteiger partial charge in [-0.15, -0.1) is 0 Å². The van der Waals surface area contributed by atoms with E-state index in [-0.39, 0.29) is 18.4 Å². The smallest absolute Gasteiger partial charge is 0.243 e. The average molecular weight is 429 g/mol. The van der Waals surface area contributed by atoms with Crippen LogP contribution in [0, 0.1) is 13.8 Å². The van der Waals surface area contributed by atoms with Crippen molar-refractivity contribution < 1.29 is 9.59 Å². The van der Waals surface area contributed by atoms with Gasteiger partial charge in [0.1, 0.15) is 0 Å². The van der Waals surface area contributed by atoms with Gasteiger partial charge in [-0.05, 0) is 49.2 Å². The molecule has 0 aromatic heterocycles. The second-order valence-corrected chi connectivity index (χ2v) is 8.30. The number of carbonyl (C=O) groups is 2. The Morgan fingerprint density at radius 1 is 1.07 bits per heavy atom. The molecular formula is C23H29ClN4O2. The standard InChI is InChI=1S/C23H29ClN4O2/c1-17-7-8-18(2)21(13-17)25-22(29)15-26(3)23(30)16-27-9-11-28(12-10-27)20-6-4-5-19(24)14-20/h4-8,13-14H,9-12,15-16H2,1-3H3,(H,25,29). The first-order valence-corrected chi connectivity index (χ1v) is 10.5. The third kappa shape index (κ3) is 5.97. The van der Waals surface area contributed by atoms with Crippen LogP contribution in [-0.2, 0) is 9.59 Å². The fourth-order valence-electron chi connectivity index (χ4n) is 3.51. The Bertz CT molecular complexity index is 910. The Kier molecular flexibility index (Phi) is 7.34. The van der Waals surface area contributed by atoms with Crippen molar-refractivity contribution in [1.82, 2.24) is 9.80 Å². The van der Waals surface area contributed by atoms with Gasteiger partial charge in [-0.1, -0.05) is 29.8 Å². The Morgan fingerprint density at radius 3 is 2.50 bits per heavy atom. The molecule has 160 valence electrons. The number of rotatable bonds is 6. The maximum absolute atomic E-state index is 12.6. The van der Waals surface area contributed by atoms with Crippen LogP contribution >= 0.6 is 11.6 Å². The van der Waals surface area contributed by atoms with Gasteiger partial charge in [-0.3, -0.25) is 14.5 Å². The van der Waals surface area contributed by atoms with E-state index in [1.165, 1.54) is 4.90 Å². The third-order valence-corrected chi connectivity index (χ3v) is 5.61. The summed E-state index contributed by atoms with van der Waals surface area (Å²) in [5, 5.41) is 3.63. The molecule has 1 aliphatic heterocycles. The molecule has 2 amide bonds. The van der Waals surface area contributed by atoms with Crippen LogP contribution in [0.15, 0.2) is 42.5 Å². The summed E-state index contributed by atoms with van der Waals surface area (Å²) in [7, 11) is 1.67. The molecule has 1 fully saturated rings. The largest absolute Gasteiger partial charge is 0.369 e. The molecule has 30 heavy (non-hydrogen) atoms. The van der Waals surface area contributed by atoms with Crippen molar-refractivity contribution in [3.05, 3.63) is 58.6 Å². The number of carbonyl (C=O) groups excluding carboxylic acids is 2. The highest BCUT2D eigenvalue weighted by molar-refractivity contribution is 6.30. The molecule has 7 heteroatoms. The van der Waals surface area contributed by atoms with E-state index < -0.39 is 0 Å². The average Bonchev–Trinajstić information content (AvgIpc) is 2.71. The molecule has 0 saturated carbocycles. The van der Waals surface area contributed by atoms with Crippen LogP contribution in [0.3, 0.4) is 0 Å². The van der Waals surface area contributed by atoms with Crippen molar-refractivity contribution >= 4 is 34.8 Å². The quantitative estimate of drug-likeness (QED) is 0.767. The highest BCUT2D eigenvalue weighted by Gasteiger charge is 2.22. The first-order chi connectivity index (χ1) is 14.3. The number of nitrogens with zero attached hydrogens (tertiary/aromatic N) is 3. The Labute approximate surface area is 183 Å². The maximum atomic E-state index is 12.6. The topological polar surface area (TPSA) is 55.9 Å². The van der Waals surface area contributed by atoms with Crippen molar-refractivity contribution in [3.8, 4) is 0 Å². The molecule has 0 radical (unpaired) electrons. The molecule has 0 aliphatic carbocycles. The van der Waals surface area contributed by atoms with Crippen LogP contribution in [0.25, 0.3) is 0 Å². The van der Waals surface area contributed by atoms with Gasteiger partial charge >= 0.3 is 0 Å². The summed E-state index contributed by atoms with van der Waals surface area (Å²) in [6.07, 6.45) is 0. The van der Waals surface area contributed by atoms with Gasteiger partial charge in [-0.2, -0.15) is 0 Å². The molecule has 1 N–H and O–H groups in total. The lowest BCUT2D eigenvalue weighted by molar-refractivity contribution is -0.134. The number of anilines is 2. The number of halogens is 1. The Morgan fingerprint density at radius 2 is 1.80 bits per heavy atom. The molecule has 2 aromatic carbocycles. The molecule has 0 unspecified atom stereocenters. The van der Waals surface area contributed by atoms with Gasteiger partial charge in [0, 0.05) is 49.6 Å². The van der Waals surface area contributed by atoms with Gasteiger partial charge in [-0.25, -0.2) is 0 Å². The molecule has 0 atom stereocenters. The normalized spacial score (nSPS) is 14.5. The fourth-order valence-corrected chi connectivity index (χ4v) is 3.70. The Hall–Kier alpha value is -2.57. The van der Waals surface area contributed by atoms with Crippen LogP contribution in [0.1, 0.15) is 11.1 Å². The number of nitrogens with one attached hydrogen (secondary N) is 1. The van der Waals surface area contributed by atoms with E-state index in [2.05, 4.69) is 21.2 Å². The van der Waals surface area contributed by atoms with E-state index in [0.29, 0.717) is 6.54 Å². The molecule has 0 bridgehead atoms. The molecule has 1 saturated heterocycles. The summed E-state index contributed by atoms with van der Waals surface area (Å²) in [6, 6.07) is 13.8. The number of hydrogen-bond donors (Lipinski definition) is 1. The second kappa shape index (κ2) is 9.96. The minimum Gasteiger partial charge on any atom is -0.369 e. The SMILES string of the molecule is Cc1ccc(C)c(NC(=O)CN(C)C(=O)CN2CCN(c3cccc(Cl)c3)CC2)c1. The van der Waals surface area contributed by atoms with Crippen LogP contribution in [0.4, 0.5) is 11.4 Å². The lowest BCUT2D eigenvalue weighted by Crippen LogP contribution is -2.50. The summed E-state index contributed by atoms with van der Waals surface area (Å²) in [4.78, 5) is 30.9. The van der Waals surface area contributed by atoms with Crippen LogP contribution in [0.5, 0.6) is 0 Å². The molecule has 1 aliphatic rings. The van der Waals surface area contributed by atoms with Gasteiger partial charge in [0.15, 0.2) is 0 Å². The van der Waals surface area contributed by atoms with Crippen LogP contribution < -0.4 is 10.2 Å². The summed E-state index contributed by atoms with van der Waals surface area (Å²) in [5.41, 5.74) is 3.98. The highest BCUT2D eigenvalue weighted by atomic mass is 35.5. The van der Waals surface area contributed by atoms with Crippen molar-refractivity contribution in [2.24, 2.45) is 0 Å². The zero-order chi connectivity index (χ0) is 21.7. The number of hydrogen-bond acceptors (Lipinski definition) is 4. The van der Waals surface area contributed by atoms with E-state index in [4.69, 9.17) is 11.6 Å². The van der Waals surface area contributed by atoms with Crippen LogP contribution in [0.2, 0.25) is 5.02 Å². The minimum absolute atomic E-state index is 0.0364. The monoisotopic (exact) mass is 428 g/mol. The van der Waals surface area contributed by atoms with Gasteiger partial charge in [0.05, 0.1) is 13.1 Å². The number of amides is 2. The van der Waals surface area contributed by atoms with Gasteiger partial charge < -0.3 is 15.1 Å². The van der Waals surface area contributed by atoms with Crippen molar-refractivity contribution in [2.75, 3.05) is 56.5 Å². The lowest BCUT2D eigenvalue weighted by Gasteiger charge is -2.36. The highest BCUT2D eigenvalue weighted by Crippen LogP contribution is 2.21. The minimum atomic E-state index is -0.190. The van der Waals surface area contributed by atoms with Crippen molar-refractivity contribution in [2.45, 2.75) is 13.8 Å². The van der Waals surface area contributed by atoms with E-state index >= 15 is 0 Å². The fraction of sp³-hybridized carbons (Fsp3) is 0.391. The predicted octanol–water partition coefficient (Wildman–Crippen LogP) is 3.18. The number of piperazine rings is 1. The van der Waals surface area contributed by atoms with Crippen molar-refractivity contribution in [1.29, 1.82) is 0 Å². The van der Waals surface area contributed by atoms with E-state index in [1.54, 1.807) is 7.05 Å². The zero-order valence-electron chi connectivity index (χ0n) is 17.8. The van der Waals surface area contributed by atoms with Gasteiger partial charge in [0.25, 0.3) is 0 Å². The summed E-state index contributed by atoms with van der Waals surface area (Å²) < 4.78 is 0. The second-order valence-electron chi connectivity index (χ2n) is 7.86. The molecule has 6 nitrogen and oxygen atoms in total. The molecule has 0 spiro atoms. The predicted molar refractivity (Wildman–Crippen MR) is 122 cm³/mol. The molecule has 1 heterocycles. The van der Waals surface area contributed by atoms with Gasteiger partial charge in [0.2, 0.25) is 11.8 Å². The van der Waals surface area contributed by atoms with Crippen LogP contribution in [-0.4, -0.2) is 67.9 Å². The lowest BCUT2D eigenvalue weighted by atomic mass is 10.1. The number of aryl methyl sites for hydroxylation is 2. The zero-order valence-corrected chi connectivity index (χ0v) is 18.6. The third-order valence-electron chi connectivity index (χ3n) is 5.38.